The van der Waals surface area contributed by atoms with Crippen molar-refractivity contribution in [1.29, 1.82) is 0 Å². The van der Waals surface area contributed by atoms with Gasteiger partial charge in [-0.3, -0.25) is 14.5 Å². The molecule has 4 rings (SSSR count). The number of para-hydroxylation sites is 1. The second-order valence-corrected chi connectivity index (χ2v) is 8.04. The maximum Gasteiger partial charge on any atom is 0.255 e. The zero-order chi connectivity index (χ0) is 19.8. The Hall–Kier alpha value is -2.38. The minimum absolute atomic E-state index is 0.0655. The van der Waals surface area contributed by atoms with Crippen LogP contribution in [0.4, 0.5) is 0 Å². The van der Waals surface area contributed by atoms with Gasteiger partial charge in [0.05, 0.1) is 24.7 Å². The van der Waals surface area contributed by atoms with Crippen molar-refractivity contribution in [2.75, 3.05) is 33.8 Å². The highest BCUT2D eigenvalue weighted by Crippen LogP contribution is 2.26. The SMILES string of the molecule is Cc1cc2cccc(C(=O)N[C@@H]3C[C@H]4CO[C@@H](CC(=O)N(C)C)CN4C3)c2o1. The minimum Gasteiger partial charge on any atom is -0.461 e. The maximum atomic E-state index is 12.8. The first kappa shape index (κ1) is 19.0. The molecule has 28 heavy (non-hydrogen) atoms. The van der Waals surface area contributed by atoms with Gasteiger partial charge in [0.25, 0.3) is 5.91 Å². The standard InChI is InChI=1S/C21H27N3O4/c1-13-7-14-5-4-6-18(20(14)28-13)21(26)22-15-8-16-12-27-17(11-24(16)10-15)9-19(25)23(2)3/h4-7,15-17H,8-12H2,1-3H3,(H,22,26)/t15-,16+,17+/m1/s1. The van der Waals surface area contributed by atoms with Crippen LogP contribution in [0.5, 0.6) is 0 Å². The van der Waals surface area contributed by atoms with Crippen molar-refractivity contribution in [3.8, 4) is 0 Å². The van der Waals surface area contributed by atoms with Crippen LogP contribution in [0.3, 0.4) is 0 Å². The molecule has 0 radical (unpaired) electrons. The first-order valence-electron chi connectivity index (χ1n) is 9.76. The smallest absolute Gasteiger partial charge is 0.255 e. The molecule has 7 heteroatoms. The average Bonchev–Trinajstić information content (AvgIpc) is 3.22. The average molecular weight is 385 g/mol. The molecule has 2 aliphatic rings. The number of aryl methyl sites for hydroxylation is 1. The van der Waals surface area contributed by atoms with Crippen LogP contribution in [0, 0.1) is 6.92 Å². The van der Waals surface area contributed by atoms with E-state index in [0.29, 0.717) is 24.2 Å². The van der Waals surface area contributed by atoms with Crippen molar-refractivity contribution < 1.29 is 18.7 Å². The Kier molecular flexibility index (Phi) is 5.12. The van der Waals surface area contributed by atoms with Crippen molar-refractivity contribution >= 4 is 22.8 Å². The molecule has 1 aromatic heterocycles. The normalized spacial score (nSPS) is 24.9. The summed E-state index contributed by atoms with van der Waals surface area (Å²) in [6.07, 6.45) is 1.17. The lowest BCUT2D eigenvalue weighted by Crippen LogP contribution is -2.47. The number of hydrogen-bond acceptors (Lipinski definition) is 5. The molecule has 7 nitrogen and oxygen atoms in total. The number of furan rings is 1. The van der Waals surface area contributed by atoms with Gasteiger partial charge in [-0.1, -0.05) is 12.1 Å². The van der Waals surface area contributed by atoms with Crippen LogP contribution in [-0.4, -0.2) is 73.6 Å². The fraction of sp³-hybridized carbons (Fsp3) is 0.524. The molecule has 1 N–H and O–H groups in total. The minimum atomic E-state index is -0.106. The summed E-state index contributed by atoms with van der Waals surface area (Å²) in [6, 6.07) is 7.92. The number of nitrogens with zero attached hydrogens (tertiary/aromatic N) is 2. The molecule has 150 valence electrons. The molecule has 3 atom stereocenters. The van der Waals surface area contributed by atoms with Gasteiger partial charge in [-0.15, -0.1) is 0 Å². The van der Waals surface area contributed by atoms with Crippen molar-refractivity contribution in [2.45, 2.75) is 38.0 Å². The van der Waals surface area contributed by atoms with Crippen LogP contribution < -0.4 is 5.32 Å². The molecule has 1 aromatic carbocycles. The van der Waals surface area contributed by atoms with Gasteiger partial charge in [0.15, 0.2) is 0 Å². The Morgan fingerprint density at radius 1 is 1.29 bits per heavy atom. The van der Waals surface area contributed by atoms with E-state index in [1.807, 2.05) is 25.1 Å². The molecule has 2 saturated heterocycles. The summed E-state index contributed by atoms with van der Waals surface area (Å²) in [5.41, 5.74) is 1.21. The molecule has 2 aliphatic heterocycles. The summed E-state index contributed by atoms with van der Waals surface area (Å²) in [4.78, 5) is 28.7. The molecule has 2 fully saturated rings. The summed E-state index contributed by atoms with van der Waals surface area (Å²) in [5.74, 6) is 0.767. The van der Waals surface area contributed by atoms with Crippen molar-refractivity contribution in [3.63, 3.8) is 0 Å². The highest BCUT2D eigenvalue weighted by atomic mass is 16.5. The van der Waals surface area contributed by atoms with Crippen LogP contribution in [0.1, 0.15) is 29.0 Å². The summed E-state index contributed by atoms with van der Waals surface area (Å²) >= 11 is 0. The van der Waals surface area contributed by atoms with E-state index in [0.717, 1.165) is 30.7 Å². The number of benzene rings is 1. The number of amides is 2. The molecule has 0 unspecified atom stereocenters. The van der Waals surface area contributed by atoms with E-state index < -0.39 is 0 Å². The van der Waals surface area contributed by atoms with Crippen LogP contribution in [0.15, 0.2) is 28.7 Å². The predicted octanol–water partition coefficient (Wildman–Crippen LogP) is 1.79. The third kappa shape index (κ3) is 3.77. The number of nitrogens with one attached hydrogen (secondary N) is 1. The van der Waals surface area contributed by atoms with Gasteiger partial charge < -0.3 is 19.4 Å². The molecule has 3 heterocycles. The van der Waals surface area contributed by atoms with Crippen LogP contribution in [0.2, 0.25) is 0 Å². The Balaban J connectivity index is 1.38. The highest BCUT2D eigenvalue weighted by Gasteiger charge is 2.38. The van der Waals surface area contributed by atoms with Crippen LogP contribution in [0.25, 0.3) is 11.0 Å². The molecule has 2 amide bonds. The summed E-state index contributed by atoms with van der Waals surface area (Å²) < 4.78 is 11.6. The van der Waals surface area contributed by atoms with E-state index in [2.05, 4.69) is 10.2 Å². The first-order chi connectivity index (χ1) is 13.4. The number of carbonyl (C=O) groups is 2. The number of morpholine rings is 1. The Morgan fingerprint density at radius 2 is 2.11 bits per heavy atom. The third-order valence-corrected chi connectivity index (χ3v) is 5.64. The molecule has 0 aliphatic carbocycles. The van der Waals surface area contributed by atoms with Crippen molar-refractivity contribution in [3.05, 3.63) is 35.6 Å². The zero-order valence-electron chi connectivity index (χ0n) is 16.6. The van der Waals surface area contributed by atoms with Gasteiger partial charge >= 0.3 is 0 Å². The summed E-state index contributed by atoms with van der Waals surface area (Å²) in [5, 5.41) is 4.10. The zero-order valence-corrected chi connectivity index (χ0v) is 16.6. The lowest BCUT2D eigenvalue weighted by Gasteiger charge is -2.35. The maximum absolute atomic E-state index is 12.8. The van der Waals surface area contributed by atoms with E-state index in [9.17, 15) is 9.59 Å². The van der Waals surface area contributed by atoms with E-state index in [1.165, 1.54) is 0 Å². The van der Waals surface area contributed by atoms with E-state index in [1.54, 1.807) is 25.1 Å². The number of carbonyl (C=O) groups excluding carboxylic acids is 2. The van der Waals surface area contributed by atoms with Gasteiger partial charge in [0.2, 0.25) is 5.91 Å². The van der Waals surface area contributed by atoms with E-state index in [-0.39, 0.29) is 30.0 Å². The fourth-order valence-corrected chi connectivity index (χ4v) is 4.18. The lowest BCUT2D eigenvalue weighted by atomic mass is 10.1. The number of ether oxygens (including phenoxy) is 1. The predicted molar refractivity (Wildman–Crippen MR) is 105 cm³/mol. The van der Waals surface area contributed by atoms with E-state index in [4.69, 9.17) is 9.15 Å². The summed E-state index contributed by atoms with van der Waals surface area (Å²) in [7, 11) is 3.52. The Labute approximate surface area is 164 Å². The Bertz CT molecular complexity index is 891. The van der Waals surface area contributed by atoms with E-state index >= 15 is 0 Å². The lowest BCUT2D eigenvalue weighted by molar-refractivity contribution is -0.134. The monoisotopic (exact) mass is 385 g/mol. The molecular formula is C21H27N3O4. The quantitative estimate of drug-likeness (QED) is 0.869. The van der Waals surface area contributed by atoms with Crippen LogP contribution >= 0.6 is 0 Å². The molecular weight excluding hydrogens is 358 g/mol. The molecule has 0 bridgehead atoms. The van der Waals surface area contributed by atoms with Crippen LogP contribution in [-0.2, 0) is 9.53 Å². The molecule has 0 spiro atoms. The van der Waals surface area contributed by atoms with Gasteiger partial charge in [0.1, 0.15) is 11.3 Å². The number of fused-ring (bicyclic) bond motifs is 2. The molecule has 0 saturated carbocycles. The van der Waals surface area contributed by atoms with Gasteiger partial charge in [-0.05, 0) is 25.5 Å². The van der Waals surface area contributed by atoms with Gasteiger partial charge in [-0.2, -0.15) is 0 Å². The Morgan fingerprint density at radius 3 is 2.89 bits per heavy atom. The summed E-state index contributed by atoms with van der Waals surface area (Å²) in [6.45, 7) is 3.99. The third-order valence-electron chi connectivity index (χ3n) is 5.64. The van der Waals surface area contributed by atoms with Gasteiger partial charge in [-0.25, -0.2) is 0 Å². The topological polar surface area (TPSA) is 75.0 Å². The van der Waals surface area contributed by atoms with Gasteiger partial charge in [0, 0.05) is 44.7 Å². The number of hydrogen-bond donors (Lipinski definition) is 1. The second kappa shape index (κ2) is 7.56. The van der Waals surface area contributed by atoms with Crippen molar-refractivity contribution in [1.82, 2.24) is 15.1 Å². The molecule has 2 aromatic rings. The highest BCUT2D eigenvalue weighted by molar-refractivity contribution is 6.05. The second-order valence-electron chi connectivity index (χ2n) is 8.04. The fourth-order valence-electron chi connectivity index (χ4n) is 4.18. The van der Waals surface area contributed by atoms with Crippen molar-refractivity contribution in [2.24, 2.45) is 0 Å². The number of rotatable bonds is 4. The first-order valence-corrected chi connectivity index (χ1v) is 9.76. The largest absolute Gasteiger partial charge is 0.461 e.